The number of piperazine rings is 1. The van der Waals surface area contributed by atoms with Gasteiger partial charge in [0.05, 0.1) is 12.0 Å². The molecule has 3 rings (SSSR count). The van der Waals surface area contributed by atoms with Crippen molar-refractivity contribution in [2.24, 2.45) is 0 Å². The molecule has 2 aromatic rings. The highest BCUT2D eigenvalue weighted by Gasteiger charge is 2.30. The molecular weight excluding hydrogens is 360 g/mol. The summed E-state index contributed by atoms with van der Waals surface area (Å²) in [6.07, 6.45) is 0. The van der Waals surface area contributed by atoms with Gasteiger partial charge >= 0.3 is 0 Å². The minimum Gasteiger partial charge on any atom is -0.496 e. The second-order valence-corrected chi connectivity index (χ2v) is 9.17. The van der Waals surface area contributed by atoms with Crippen molar-refractivity contribution in [3.05, 3.63) is 52.6 Å². The van der Waals surface area contributed by atoms with Crippen LogP contribution in [0.5, 0.6) is 5.75 Å². The van der Waals surface area contributed by atoms with E-state index in [1.54, 1.807) is 23.5 Å². The molecule has 1 saturated heterocycles. The van der Waals surface area contributed by atoms with Gasteiger partial charge in [-0.3, -0.25) is 0 Å². The molecule has 1 fully saturated rings. The zero-order valence-electron chi connectivity index (χ0n) is 16.7. The molecule has 1 heterocycles. The van der Waals surface area contributed by atoms with E-state index in [0.29, 0.717) is 42.4 Å². The Kier molecular flexibility index (Phi) is 5.49. The smallest absolute Gasteiger partial charge is 0.243 e. The Morgan fingerprint density at radius 1 is 0.852 bits per heavy atom. The number of hydrogen-bond donors (Lipinski definition) is 0. The number of ether oxygens (including phenoxy) is 1. The van der Waals surface area contributed by atoms with E-state index in [2.05, 4.69) is 36.9 Å². The van der Waals surface area contributed by atoms with Gasteiger partial charge in [-0.1, -0.05) is 17.7 Å². The summed E-state index contributed by atoms with van der Waals surface area (Å²) < 4.78 is 33.3. The third-order valence-electron chi connectivity index (χ3n) is 5.24. The van der Waals surface area contributed by atoms with Crippen LogP contribution in [-0.4, -0.2) is 46.0 Å². The number of aryl methyl sites for hydroxylation is 4. The first-order chi connectivity index (χ1) is 12.7. The zero-order valence-corrected chi connectivity index (χ0v) is 17.6. The van der Waals surface area contributed by atoms with Crippen LogP contribution in [0.1, 0.15) is 22.3 Å². The summed E-state index contributed by atoms with van der Waals surface area (Å²) in [6.45, 7) is 10.2. The summed E-state index contributed by atoms with van der Waals surface area (Å²) in [7, 11) is -1.91. The molecule has 0 saturated carbocycles. The van der Waals surface area contributed by atoms with Crippen molar-refractivity contribution in [1.82, 2.24) is 4.31 Å². The molecule has 0 bridgehead atoms. The predicted octanol–water partition coefficient (Wildman–Crippen LogP) is 3.44. The molecule has 0 N–H and O–H groups in total. The minimum absolute atomic E-state index is 0.376. The van der Waals surface area contributed by atoms with Gasteiger partial charge in [-0.2, -0.15) is 4.31 Å². The molecule has 0 spiro atoms. The van der Waals surface area contributed by atoms with Gasteiger partial charge in [0.15, 0.2) is 0 Å². The molecule has 5 nitrogen and oxygen atoms in total. The van der Waals surface area contributed by atoms with E-state index in [1.165, 1.54) is 16.8 Å². The number of sulfonamides is 1. The molecule has 0 aromatic heterocycles. The Morgan fingerprint density at radius 3 is 2.11 bits per heavy atom. The van der Waals surface area contributed by atoms with Gasteiger partial charge < -0.3 is 9.64 Å². The summed E-state index contributed by atoms with van der Waals surface area (Å²) in [4.78, 5) is 2.65. The summed E-state index contributed by atoms with van der Waals surface area (Å²) in [5, 5.41) is 0. The van der Waals surface area contributed by atoms with E-state index in [9.17, 15) is 8.42 Å². The molecule has 1 aliphatic rings. The molecule has 1 aliphatic heterocycles. The van der Waals surface area contributed by atoms with Gasteiger partial charge in [0.2, 0.25) is 10.0 Å². The van der Waals surface area contributed by atoms with Gasteiger partial charge in [0, 0.05) is 31.9 Å². The third-order valence-corrected chi connectivity index (χ3v) is 7.28. The largest absolute Gasteiger partial charge is 0.496 e. The summed E-state index contributed by atoms with van der Waals surface area (Å²) in [5.74, 6) is 0.714. The van der Waals surface area contributed by atoms with Crippen LogP contribution in [0.3, 0.4) is 0 Å². The predicted molar refractivity (Wildman–Crippen MR) is 109 cm³/mol. The van der Waals surface area contributed by atoms with Crippen molar-refractivity contribution in [2.45, 2.75) is 32.6 Å². The first kappa shape index (κ1) is 19.7. The van der Waals surface area contributed by atoms with Crippen molar-refractivity contribution in [1.29, 1.82) is 0 Å². The number of hydrogen-bond acceptors (Lipinski definition) is 4. The van der Waals surface area contributed by atoms with Crippen LogP contribution in [0.4, 0.5) is 5.69 Å². The fraction of sp³-hybridized carbons (Fsp3) is 0.429. The van der Waals surface area contributed by atoms with Crippen LogP contribution in [0.15, 0.2) is 35.2 Å². The highest BCUT2D eigenvalue weighted by molar-refractivity contribution is 7.89. The molecule has 0 unspecified atom stereocenters. The Hall–Kier alpha value is -2.05. The molecule has 0 aliphatic carbocycles. The molecule has 0 radical (unpaired) electrons. The molecular formula is C21H28N2O3S. The monoisotopic (exact) mass is 388 g/mol. The number of methoxy groups -OCH3 is 1. The standard InChI is InChI=1S/C21H28N2O3S/c1-15-6-7-19(16(2)12-15)22-8-10-23(11-9-22)27(24,25)21-14-17(3)20(26-5)13-18(21)4/h6-7,12-14H,8-11H2,1-5H3. The van der Waals surface area contributed by atoms with Gasteiger partial charge in [-0.25, -0.2) is 8.42 Å². The molecule has 6 heteroatoms. The zero-order chi connectivity index (χ0) is 19.8. The minimum atomic E-state index is -3.51. The number of benzene rings is 2. The molecule has 27 heavy (non-hydrogen) atoms. The van der Waals surface area contributed by atoms with Crippen LogP contribution in [0.2, 0.25) is 0 Å². The van der Waals surface area contributed by atoms with Crippen LogP contribution in [0.25, 0.3) is 0 Å². The first-order valence-electron chi connectivity index (χ1n) is 9.21. The molecule has 0 atom stereocenters. The molecule has 146 valence electrons. The van der Waals surface area contributed by atoms with Gasteiger partial charge in [0.1, 0.15) is 5.75 Å². The van der Waals surface area contributed by atoms with Gasteiger partial charge in [-0.15, -0.1) is 0 Å². The van der Waals surface area contributed by atoms with Crippen molar-refractivity contribution in [2.75, 3.05) is 38.2 Å². The Morgan fingerprint density at radius 2 is 1.52 bits per heavy atom. The maximum Gasteiger partial charge on any atom is 0.243 e. The lowest BCUT2D eigenvalue weighted by molar-refractivity contribution is 0.384. The van der Waals surface area contributed by atoms with Crippen LogP contribution in [-0.2, 0) is 10.0 Å². The lowest BCUT2D eigenvalue weighted by Crippen LogP contribution is -2.49. The van der Waals surface area contributed by atoms with Crippen LogP contribution >= 0.6 is 0 Å². The number of nitrogens with zero attached hydrogens (tertiary/aromatic N) is 2. The van der Waals surface area contributed by atoms with Crippen molar-refractivity contribution < 1.29 is 13.2 Å². The highest BCUT2D eigenvalue weighted by atomic mass is 32.2. The fourth-order valence-electron chi connectivity index (χ4n) is 3.73. The quantitative estimate of drug-likeness (QED) is 0.805. The first-order valence-corrected chi connectivity index (χ1v) is 10.7. The topological polar surface area (TPSA) is 49.9 Å². The second-order valence-electron chi connectivity index (χ2n) is 7.27. The number of anilines is 1. The normalized spacial score (nSPS) is 15.8. The Bertz CT molecular complexity index is 946. The lowest BCUT2D eigenvalue weighted by atomic mass is 10.1. The van der Waals surface area contributed by atoms with Crippen LogP contribution in [0, 0.1) is 27.7 Å². The Labute approximate surface area is 162 Å². The van der Waals surface area contributed by atoms with Crippen molar-refractivity contribution >= 4 is 15.7 Å². The summed E-state index contributed by atoms with van der Waals surface area (Å²) >= 11 is 0. The fourth-order valence-corrected chi connectivity index (χ4v) is 5.44. The van der Waals surface area contributed by atoms with E-state index < -0.39 is 10.0 Å². The average Bonchev–Trinajstić information content (AvgIpc) is 2.63. The summed E-state index contributed by atoms with van der Waals surface area (Å²) in [6, 6.07) is 9.93. The number of rotatable bonds is 4. The second kappa shape index (κ2) is 7.52. The maximum absolute atomic E-state index is 13.2. The van der Waals surface area contributed by atoms with Crippen molar-refractivity contribution in [3.8, 4) is 5.75 Å². The van der Waals surface area contributed by atoms with Crippen LogP contribution < -0.4 is 9.64 Å². The summed E-state index contributed by atoms with van der Waals surface area (Å²) in [5.41, 5.74) is 5.20. The van der Waals surface area contributed by atoms with E-state index in [4.69, 9.17) is 4.74 Å². The molecule has 0 amide bonds. The SMILES string of the molecule is COc1cc(C)c(S(=O)(=O)N2CCN(c3ccc(C)cc3C)CC2)cc1C. The van der Waals surface area contributed by atoms with Gasteiger partial charge in [0.25, 0.3) is 0 Å². The maximum atomic E-state index is 13.2. The van der Waals surface area contributed by atoms with Crippen molar-refractivity contribution in [3.63, 3.8) is 0 Å². The van der Waals surface area contributed by atoms with E-state index in [1.807, 2.05) is 13.8 Å². The molecule has 2 aromatic carbocycles. The lowest BCUT2D eigenvalue weighted by Gasteiger charge is -2.36. The van der Waals surface area contributed by atoms with E-state index in [0.717, 1.165) is 5.56 Å². The highest BCUT2D eigenvalue weighted by Crippen LogP contribution is 2.29. The Balaban J connectivity index is 1.80. The van der Waals surface area contributed by atoms with E-state index >= 15 is 0 Å². The third kappa shape index (κ3) is 3.82. The van der Waals surface area contributed by atoms with Gasteiger partial charge in [-0.05, 0) is 62.6 Å². The average molecular weight is 389 g/mol. The van der Waals surface area contributed by atoms with E-state index in [-0.39, 0.29) is 0 Å².